The quantitative estimate of drug-likeness (QED) is 0.430. The van der Waals surface area contributed by atoms with Gasteiger partial charge in [0.2, 0.25) is 5.91 Å². The van der Waals surface area contributed by atoms with Crippen molar-refractivity contribution in [2.24, 2.45) is 5.41 Å². The molecular formula is C32H50BN3O5. The van der Waals surface area contributed by atoms with E-state index in [4.69, 9.17) is 14.0 Å². The Morgan fingerprint density at radius 3 is 2.15 bits per heavy atom. The molecule has 2 N–H and O–H groups in total. The minimum Gasteiger partial charge on any atom is -0.444 e. The number of carbonyl (C=O) groups is 2. The average molecular weight is 568 g/mol. The molecule has 2 aliphatic rings. The number of alkyl carbamates (subject to hydrolysis) is 1. The van der Waals surface area contributed by atoms with Crippen LogP contribution < -0.4 is 16.1 Å². The van der Waals surface area contributed by atoms with Crippen LogP contribution in [0.25, 0.3) is 5.57 Å². The Hall–Kier alpha value is -2.78. The van der Waals surface area contributed by atoms with Crippen molar-refractivity contribution in [3.8, 4) is 0 Å². The van der Waals surface area contributed by atoms with Gasteiger partial charge in [0.1, 0.15) is 11.6 Å². The number of allylic oxidation sites excluding steroid dienone is 1. The number of likely N-dealkylation sites (tertiary alicyclic amines) is 1. The van der Waals surface area contributed by atoms with E-state index in [2.05, 4.69) is 29.3 Å². The SMILES string of the molecule is C=C(N/C=C(\C)c1ccc(B2OC(C)(C)C(C)(C)O2)cc1)C1CCCN1C(=O)C(NC(=O)OC(C)(C)C)C(C)(C)C. The summed E-state index contributed by atoms with van der Waals surface area (Å²) in [6.45, 7) is 26.3. The molecule has 8 nitrogen and oxygen atoms in total. The van der Waals surface area contributed by atoms with Crippen LogP contribution in [0.15, 0.2) is 42.7 Å². The molecule has 0 spiro atoms. The van der Waals surface area contributed by atoms with Gasteiger partial charge in [0.15, 0.2) is 0 Å². The third-order valence-electron chi connectivity index (χ3n) is 8.08. The largest absolute Gasteiger partial charge is 0.494 e. The maximum atomic E-state index is 13.7. The third kappa shape index (κ3) is 7.95. The first-order chi connectivity index (χ1) is 18.7. The molecule has 0 bridgehead atoms. The normalized spacial score (nSPS) is 21.4. The van der Waals surface area contributed by atoms with Crippen LogP contribution in [0.4, 0.5) is 4.79 Å². The van der Waals surface area contributed by atoms with Gasteiger partial charge in [0.05, 0.1) is 17.2 Å². The van der Waals surface area contributed by atoms with Gasteiger partial charge in [-0.2, -0.15) is 0 Å². The fraction of sp³-hybridized carbons (Fsp3) is 0.625. The average Bonchev–Trinajstić information content (AvgIpc) is 3.40. The minimum atomic E-state index is -0.731. The van der Waals surface area contributed by atoms with Gasteiger partial charge < -0.3 is 29.6 Å². The fourth-order valence-electron chi connectivity index (χ4n) is 4.90. The van der Waals surface area contributed by atoms with Crippen molar-refractivity contribution in [1.29, 1.82) is 0 Å². The fourth-order valence-corrected chi connectivity index (χ4v) is 4.90. The van der Waals surface area contributed by atoms with Crippen LogP contribution in [0.2, 0.25) is 0 Å². The smallest absolute Gasteiger partial charge is 0.444 e. The summed E-state index contributed by atoms with van der Waals surface area (Å²) >= 11 is 0. The van der Waals surface area contributed by atoms with E-state index < -0.39 is 30.3 Å². The molecule has 2 unspecified atom stereocenters. The zero-order valence-corrected chi connectivity index (χ0v) is 26.9. The number of benzene rings is 1. The van der Waals surface area contributed by atoms with Crippen molar-refractivity contribution in [2.75, 3.05) is 6.54 Å². The van der Waals surface area contributed by atoms with Gasteiger partial charge >= 0.3 is 13.2 Å². The van der Waals surface area contributed by atoms with E-state index >= 15 is 0 Å². The number of amides is 2. The van der Waals surface area contributed by atoms with Crippen LogP contribution in [0.3, 0.4) is 0 Å². The number of carbonyl (C=O) groups excluding carboxylic acids is 2. The second kappa shape index (κ2) is 11.8. The number of hydrogen-bond donors (Lipinski definition) is 2. The predicted molar refractivity (Wildman–Crippen MR) is 165 cm³/mol. The second-order valence-electron chi connectivity index (χ2n) is 14.3. The highest BCUT2D eigenvalue weighted by Crippen LogP contribution is 2.36. The lowest BCUT2D eigenvalue weighted by Gasteiger charge is -2.36. The Morgan fingerprint density at radius 1 is 1.07 bits per heavy atom. The Labute approximate surface area is 247 Å². The van der Waals surface area contributed by atoms with Crippen LogP contribution in [-0.2, 0) is 18.8 Å². The standard InChI is InChI=1S/C32H50BN3O5/c1-21(23-15-17-24(18-16-23)33-40-31(9,10)32(11,12)41-33)20-34-22(2)25-14-13-19-36(25)27(37)26(29(3,4)5)35-28(38)39-30(6,7)8/h15-18,20,25-26,34H,2,13-14,19H2,1,3-12H3,(H,35,38)/b21-20+. The molecule has 41 heavy (non-hydrogen) atoms. The van der Waals surface area contributed by atoms with Gasteiger partial charge in [-0.15, -0.1) is 0 Å². The van der Waals surface area contributed by atoms with E-state index in [0.29, 0.717) is 6.54 Å². The first-order valence-electron chi connectivity index (χ1n) is 14.6. The molecule has 0 saturated carbocycles. The molecule has 0 aromatic heterocycles. The van der Waals surface area contributed by atoms with Gasteiger partial charge in [-0.1, -0.05) is 51.6 Å². The lowest BCUT2D eigenvalue weighted by Crippen LogP contribution is -2.56. The summed E-state index contributed by atoms with van der Waals surface area (Å²) in [4.78, 5) is 28.1. The molecule has 9 heteroatoms. The Kier molecular flexibility index (Phi) is 9.46. The highest BCUT2D eigenvalue weighted by molar-refractivity contribution is 6.62. The zero-order chi connectivity index (χ0) is 31.0. The monoisotopic (exact) mass is 567 g/mol. The molecule has 3 rings (SSSR count). The molecular weight excluding hydrogens is 517 g/mol. The van der Waals surface area contributed by atoms with Crippen molar-refractivity contribution in [3.05, 3.63) is 48.3 Å². The predicted octanol–water partition coefficient (Wildman–Crippen LogP) is 5.38. The van der Waals surface area contributed by atoms with Crippen molar-refractivity contribution < 1.29 is 23.6 Å². The first-order valence-corrected chi connectivity index (χ1v) is 14.6. The molecule has 1 aromatic carbocycles. The van der Waals surface area contributed by atoms with E-state index in [9.17, 15) is 9.59 Å². The first kappa shape index (κ1) is 32.7. The van der Waals surface area contributed by atoms with Crippen molar-refractivity contribution in [2.45, 2.75) is 118 Å². The van der Waals surface area contributed by atoms with Gasteiger partial charge in [-0.3, -0.25) is 4.79 Å². The molecule has 0 radical (unpaired) electrons. The van der Waals surface area contributed by atoms with Crippen LogP contribution in [0.5, 0.6) is 0 Å². The molecule has 2 heterocycles. The van der Waals surface area contributed by atoms with Crippen molar-refractivity contribution in [1.82, 2.24) is 15.5 Å². The van der Waals surface area contributed by atoms with E-state index in [1.165, 1.54) is 0 Å². The molecule has 0 aliphatic carbocycles. The molecule has 2 aliphatic heterocycles. The van der Waals surface area contributed by atoms with E-state index in [-0.39, 0.29) is 23.2 Å². The maximum absolute atomic E-state index is 13.7. The lowest BCUT2D eigenvalue weighted by molar-refractivity contribution is -0.136. The van der Waals surface area contributed by atoms with Crippen molar-refractivity contribution >= 4 is 30.2 Å². The van der Waals surface area contributed by atoms with Crippen LogP contribution in [-0.4, -0.2) is 59.5 Å². The zero-order valence-electron chi connectivity index (χ0n) is 26.9. The summed E-state index contributed by atoms with van der Waals surface area (Å²) < 4.78 is 17.8. The number of rotatable bonds is 7. The lowest BCUT2D eigenvalue weighted by atomic mass is 9.78. The Morgan fingerprint density at radius 2 is 1.63 bits per heavy atom. The number of ether oxygens (including phenoxy) is 1. The number of nitrogens with one attached hydrogen (secondary N) is 2. The highest BCUT2D eigenvalue weighted by Gasteiger charge is 2.51. The van der Waals surface area contributed by atoms with E-state index in [1.54, 1.807) is 20.8 Å². The Balaban J connectivity index is 1.66. The van der Waals surface area contributed by atoms with E-state index in [1.807, 2.05) is 78.6 Å². The highest BCUT2D eigenvalue weighted by atomic mass is 16.7. The van der Waals surface area contributed by atoms with Gasteiger partial charge in [-0.25, -0.2) is 4.79 Å². The third-order valence-corrected chi connectivity index (χ3v) is 8.08. The molecule has 2 saturated heterocycles. The maximum Gasteiger partial charge on any atom is 0.494 e. The summed E-state index contributed by atoms with van der Waals surface area (Å²) in [7, 11) is -0.399. The molecule has 2 fully saturated rings. The van der Waals surface area contributed by atoms with Gasteiger partial charge in [-0.05, 0) is 90.2 Å². The molecule has 2 atom stereocenters. The minimum absolute atomic E-state index is 0.132. The van der Waals surface area contributed by atoms with Crippen LogP contribution >= 0.6 is 0 Å². The molecule has 2 amide bonds. The summed E-state index contributed by atoms with van der Waals surface area (Å²) in [5, 5.41) is 6.16. The van der Waals surface area contributed by atoms with Gasteiger partial charge in [0, 0.05) is 18.4 Å². The summed E-state index contributed by atoms with van der Waals surface area (Å²) in [5.41, 5.74) is 1.88. The van der Waals surface area contributed by atoms with Crippen LogP contribution in [0.1, 0.15) is 94.6 Å². The molecule has 226 valence electrons. The number of hydrogen-bond acceptors (Lipinski definition) is 6. The van der Waals surface area contributed by atoms with Crippen LogP contribution in [0, 0.1) is 5.41 Å². The van der Waals surface area contributed by atoms with Gasteiger partial charge in [0.25, 0.3) is 0 Å². The van der Waals surface area contributed by atoms with E-state index in [0.717, 1.165) is 35.1 Å². The Bertz CT molecular complexity index is 1150. The summed E-state index contributed by atoms with van der Waals surface area (Å²) in [6.07, 6.45) is 2.99. The second-order valence-corrected chi connectivity index (χ2v) is 14.3. The summed E-state index contributed by atoms with van der Waals surface area (Å²) in [5.74, 6) is -0.132. The molecule has 1 aromatic rings. The van der Waals surface area contributed by atoms with Crippen molar-refractivity contribution in [3.63, 3.8) is 0 Å². The summed E-state index contributed by atoms with van der Waals surface area (Å²) in [6, 6.07) is 7.26. The number of nitrogens with zero attached hydrogens (tertiary/aromatic N) is 1. The topological polar surface area (TPSA) is 89.1 Å².